The molecule has 1 aliphatic rings. The average Bonchev–Trinajstić information content (AvgIpc) is 2.56. The molecule has 1 fully saturated rings. The molecule has 0 radical (unpaired) electrons. The van der Waals surface area contributed by atoms with Gasteiger partial charge in [-0.2, -0.15) is 0 Å². The highest BCUT2D eigenvalue weighted by Crippen LogP contribution is 2.29. The molecular formula is C9H7F2N3O2. The second kappa shape index (κ2) is 3.44. The van der Waals surface area contributed by atoms with Crippen LogP contribution in [0, 0.1) is 11.6 Å². The van der Waals surface area contributed by atoms with Gasteiger partial charge in [0.15, 0.2) is 11.6 Å². The molecule has 1 heterocycles. The maximum atomic E-state index is 13.4. The number of urea groups is 1. The van der Waals surface area contributed by atoms with Crippen LogP contribution in [0.3, 0.4) is 0 Å². The number of hydrogen-bond acceptors (Lipinski definition) is 3. The molecule has 0 atom stereocenters. The van der Waals surface area contributed by atoms with Crippen molar-refractivity contribution in [2.24, 2.45) is 0 Å². The molecule has 0 aliphatic carbocycles. The summed E-state index contributed by atoms with van der Waals surface area (Å²) in [5, 5.41) is 2.18. The van der Waals surface area contributed by atoms with E-state index in [9.17, 15) is 18.4 Å². The van der Waals surface area contributed by atoms with Gasteiger partial charge in [-0.3, -0.25) is 4.79 Å². The molecule has 84 valence electrons. The number of nitrogens with one attached hydrogen (secondary N) is 1. The standard InChI is InChI=1S/C9H7F2N3O2/c10-4-1-2-5(12)8(7(4)11)14-6(15)3-13-9(14)16/h1-2H,3,12H2,(H,13,16). The Hall–Kier alpha value is -2.18. The van der Waals surface area contributed by atoms with Crippen LogP contribution in [0.4, 0.5) is 25.0 Å². The van der Waals surface area contributed by atoms with E-state index in [1.165, 1.54) is 0 Å². The van der Waals surface area contributed by atoms with Gasteiger partial charge in [0.05, 0.1) is 12.2 Å². The van der Waals surface area contributed by atoms with E-state index in [4.69, 9.17) is 5.73 Å². The second-order valence-electron chi connectivity index (χ2n) is 3.19. The molecular weight excluding hydrogens is 220 g/mol. The quantitative estimate of drug-likeness (QED) is 0.545. The van der Waals surface area contributed by atoms with Crippen LogP contribution in [-0.4, -0.2) is 18.5 Å². The third-order valence-corrected chi connectivity index (χ3v) is 2.17. The van der Waals surface area contributed by atoms with Crippen LogP contribution in [0.1, 0.15) is 0 Å². The minimum Gasteiger partial charge on any atom is -0.397 e. The molecule has 0 bridgehead atoms. The van der Waals surface area contributed by atoms with Gasteiger partial charge < -0.3 is 11.1 Å². The Morgan fingerprint density at radius 1 is 1.31 bits per heavy atom. The molecule has 16 heavy (non-hydrogen) atoms. The second-order valence-corrected chi connectivity index (χ2v) is 3.19. The van der Waals surface area contributed by atoms with Crippen LogP contribution < -0.4 is 16.0 Å². The third-order valence-electron chi connectivity index (χ3n) is 2.17. The number of carbonyl (C=O) groups excluding carboxylic acids is 2. The Balaban J connectivity index is 2.59. The molecule has 3 N–H and O–H groups in total. The summed E-state index contributed by atoms with van der Waals surface area (Å²) in [4.78, 5) is 23.0. The van der Waals surface area contributed by atoms with Crippen LogP contribution >= 0.6 is 0 Å². The highest BCUT2D eigenvalue weighted by atomic mass is 19.2. The monoisotopic (exact) mass is 227 g/mol. The third kappa shape index (κ3) is 1.37. The van der Waals surface area contributed by atoms with E-state index in [2.05, 4.69) is 5.32 Å². The molecule has 1 aromatic carbocycles. The van der Waals surface area contributed by atoms with Gasteiger partial charge in [-0.1, -0.05) is 0 Å². The number of amides is 3. The molecule has 0 spiro atoms. The fourth-order valence-electron chi connectivity index (χ4n) is 1.43. The van der Waals surface area contributed by atoms with Gasteiger partial charge in [-0.15, -0.1) is 0 Å². The van der Waals surface area contributed by atoms with Gasteiger partial charge in [0.2, 0.25) is 0 Å². The maximum absolute atomic E-state index is 13.4. The van der Waals surface area contributed by atoms with E-state index in [1.54, 1.807) is 0 Å². The Morgan fingerprint density at radius 3 is 2.56 bits per heavy atom. The fraction of sp³-hybridized carbons (Fsp3) is 0.111. The smallest absolute Gasteiger partial charge is 0.329 e. The summed E-state index contributed by atoms with van der Waals surface area (Å²) in [5.74, 6) is -3.16. The number of carbonyl (C=O) groups is 2. The lowest BCUT2D eigenvalue weighted by molar-refractivity contribution is -0.115. The normalized spacial score (nSPS) is 15.5. The minimum absolute atomic E-state index is 0.177. The summed E-state index contributed by atoms with van der Waals surface area (Å²) in [6, 6.07) is 1.10. The Labute approximate surface area is 88.8 Å². The van der Waals surface area contributed by atoms with E-state index in [0.717, 1.165) is 12.1 Å². The lowest BCUT2D eigenvalue weighted by atomic mass is 10.2. The van der Waals surface area contributed by atoms with E-state index < -0.39 is 29.3 Å². The molecule has 0 aromatic heterocycles. The van der Waals surface area contributed by atoms with Crippen LogP contribution in [0.5, 0.6) is 0 Å². The van der Waals surface area contributed by atoms with E-state index >= 15 is 0 Å². The summed E-state index contributed by atoms with van der Waals surface area (Å²) < 4.78 is 26.4. The van der Waals surface area contributed by atoms with E-state index in [1.807, 2.05) is 0 Å². The first-order valence-electron chi connectivity index (χ1n) is 4.36. The highest BCUT2D eigenvalue weighted by Gasteiger charge is 2.34. The number of nitrogen functional groups attached to an aromatic ring is 1. The lowest BCUT2D eigenvalue weighted by Crippen LogP contribution is -2.32. The molecule has 1 aliphatic heterocycles. The van der Waals surface area contributed by atoms with Crippen molar-refractivity contribution in [1.82, 2.24) is 5.32 Å². The average molecular weight is 227 g/mol. The zero-order chi connectivity index (χ0) is 11.9. The zero-order valence-corrected chi connectivity index (χ0v) is 7.96. The maximum Gasteiger partial charge on any atom is 0.329 e. The molecule has 5 nitrogen and oxygen atoms in total. The number of hydrogen-bond donors (Lipinski definition) is 2. The molecule has 1 aromatic rings. The summed E-state index contributed by atoms with van der Waals surface area (Å²) in [7, 11) is 0. The Bertz CT molecular complexity index is 474. The van der Waals surface area contributed by atoms with Crippen molar-refractivity contribution in [3.63, 3.8) is 0 Å². The predicted octanol–water partition coefficient (Wildman–Crippen LogP) is 0.603. The van der Waals surface area contributed by atoms with Gasteiger partial charge in [-0.25, -0.2) is 18.5 Å². The fourth-order valence-corrected chi connectivity index (χ4v) is 1.43. The van der Waals surface area contributed by atoms with Gasteiger partial charge in [-0.05, 0) is 12.1 Å². The number of halogens is 2. The predicted molar refractivity (Wildman–Crippen MR) is 51.7 cm³/mol. The summed E-state index contributed by atoms with van der Waals surface area (Å²) >= 11 is 0. The largest absolute Gasteiger partial charge is 0.397 e. The first-order valence-corrected chi connectivity index (χ1v) is 4.36. The summed E-state index contributed by atoms with van der Waals surface area (Å²) in [6.45, 7) is -0.256. The molecule has 0 unspecified atom stereocenters. The topological polar surface area (TPSA) is 75.4 Å². The van der Waals surface area contributed by atoms with Crippen molar-refractivity contribution in [2.45, 2.75) is 0 Å². The summed E-state index contributed by atoms with van der Waals surface area (Å²) in [6.07, 6.45) is 0. The number of nitrogens with two attached hydrogens (primary N) is 1. The minimum atomic E-state index is -1.31. The van der Waals surface area contributed by atoms with Crippen LogP contribution in [0.15, 0.2) is 12.1 Å². The van der Waals surface area contributed by atoms with Gasteiger partial charge in [0, 0.05) is 0 Å². The van der Waals surface area contributed by atoms with Crippen molar-refractivity contribution in [3.05, 3.63) is 23.8 Å². The number of nitrogens with zero attached hydrogens (tertiary/aromatic N) is 1. The van der Waals surface area contributed by atoms with Crippen molar-refractivity contribution in [1.29, 1.82) is 0 Å². The Morgan fingerprint density at radius 2 is 2.00 bits per heavy atom. The highest BCUT2D eigenvalue weighted by molar-refractivity contribution is 6.21. The van der Waals surface area contributed by atoms with Crippen molar-refractivity contribution in [3.8, 4) is 0 Å². The van der Waals surface area contributed by atoms with Gasteiger partial charge in [0.25, 0.3) is 5.91 Å². The zero-order valence-electron chi connectivity index (χ0n) is 7.96. The molecule has 1 saturated heterocycles. The first-order chi connectivity index (χ1) is 7.52. The first kappa shape index (κ1) is 10.3. The molecule has 7 heteroatoms. The van der Waals surface area contributed by atoms with Crippen LogP contribution in [0.25, 0.3) is 0 Å². The van der Waals surface area contributed by atoms with E-state index in [-0.39, 0.29) is 12.2 Å². The number of rotatable bonds is 1. The SMILES string of the molecule is Nc1ccc(F)c(F)c1N1C(=O)CNC1=O. The number of imide groups is 1. The number of anilines is 2. The molecule has 3 amide bonds. The van der Waals surface area contributed by atoms with Gasteiger partial charge >= 0.3 is 6.03 Å². The van der Waals surface area contributed by atoms with Crippen LogP contribution in [-0.2, 0) is 4.79 Å². The van der Waals surface area contributed by atoms with Crippen molar-refractivity contribution >= 4 is 23.3 Å². The lowest BCUT2D eigenvalue weighted by Gasteiger charge is -2.15. The van der Waals surface area contributed by atoms with E-state index in [0.29, 0.717) is 4.90 Å². The van der Waals surface area contributed by atoms with Crippen molar-refractivity contribution in [2.75, 3.05) is 17.2 Å². The van der Waals surface area contributed by atoms with Crippen LogP contribution in [0.2, 0.25) is 0 Å². The number of benzene rings is 1. The van der Waals surface area contributed by atoms with Crippen molar-refractivity contribution < 1.29 is 18.4 Å². The Kier molecular flexibility index (Phi) is 2.22. The molecule has 0 saturated carbocycles. The van der Waals surface area contributed by atoms with Gasteiger partial charge in [0.1, 0.15) is 5.69 Å². The molecule has 2 rings (SSSR count). The summed E-state index contributed by atoms with van der Waals surface area (Å²) in [5.41, 5.74) is 4.70.